The fraction of sp³-hybridized carbons (Fsp3) is 0.176. The Hall–Kier alpha value is -2.46. The number of fused-ring (bicyclic) bond motifs is 1. The zero-order chi connectivity index (χ0) is 15.0. The van der Waals surface area contributed by atoms with Gasteiger partial charge in [-0.1, -0.05) is 36.4 Å². The summed E-state index contributed by atoms with van der Waals surface area (Å²) in [4.78, 5) is 25.7. The average Bonchev–Trinajstić information content (AvgIpc) is 2.68. The van der Waals surface area contributed by atoms with E-state index in [2.05, 4.69) is 0 Å². The molecule has 0 radical (unpaired) electrons. The van der Waals surface area contributed by atoms with E-state index in [9.17, 15) is 14.7 Å². The van der Waals surface area contributed by atoms with E-state index in [4.69, 9.17) is 0 Å². The highest BCUT2D eigenvalue weighted by molar-refractivity contribution is 6.13. The number of amides is 1. The van der Waals surface area contributed by atoms with E-state index in [1.165, 1.54) is 11.8 Å². The summed E-state index contributed by atoms with van der Waals surface area (Å²) in [5, 5.41) is 10.8. The molecule has 3 rings (SSSR count). The molecule has 21 heavy (non-hydrogen) atoms. The number of benzene rings is 2. The van der Waals surface area contributed by atoms with Crippen molar-refractivity contribution in [3.05, 3.63) is 60.2 Å². The molecule has 1 amide bonds. The molecule has 1 N–H and O–H groups in total. The van der Waals surface area contributed by atoms with Gasteiger partial charge in [0.15, 0.2) is 5.60 Å². The van der Waals surface area contributed by atoms with Crippen molar-refractivity contribution >= 4 is 23.1 Å². The molecule has 1 aliphatic heterocycles. The van der Waals surface area contributed by atoms with Crippen molar-refractivity contribution in [1.29, 1.82) is 0 Å². The lowest BCUT2D eigenvalue weighted by atomic mass is 9.90. The van der Waals surface area contributed by atoms with Gasteiger partial charge in [-0.25, -0.2) is 0 Å². The van der Waals surface area contributed by atoms with Crippen LogP contribution >= 0.6 is 0 Å². The highest BCUT2D eigenvalue weighted by Crippen LogP contribution is 2.45. The lowest BCUT2D eigenvalue weighted by Gasteiger charge is -2.22. The molecule has 4 nitrogen and oxygen atoms in total. The maximum atomic E-state index is 12.7. The number of hydrogen-bond acceptors (Lipinski definition) is 3. The number of aliphatic hydroxyl groups is 1. The maximum absolute atomic E-state index is 12.7. The Balaban J connectivity index is 2.17. The zero-order valence-corrected chi connectivity index (χ0v) is 11.6. The first kappa shape index (κ1) is 13.5. The number of hydrogen-bond donors (Lipinski definition) is 1. The first-order valence-electron chi connectivity index (χ1n) is 6.75. The van der Waals surface area contributed by atoms with Crippen molar-refractivity contribution < 1.29 is 14.7 Å². The van der Waals surface area contributed by atoms with E-state index in [1.807, 2.05) is 24.3 Å². The lowest BCUT2D eigenvalue weighted by Crippen LogP contribution is -2.39. The average molecular weight is 281 g/mol. The second-order valence-electron chi connectivity index (χ2n) is 5.23. The highest BCUT2D eigenvalue weighted by Gasteiger charge is 2.50. The fourth-order valence-corrected chi connectivity index (χ4v) is 2.79. The lowest BCUT2D eigenvalue weighted by molar-refractivity contribution is -0.140. The Morgan fingerprint density at radius 2 is 1.71 bits per heavy atom. The van der Waals surface area contributed by atoms with E-state index < -0.39 is 11.5 Å². The van der Waals surface area contributed by atoms with E-state index in [0.29, 0.717) is 16.9 Å². The first-order valence-corrected chi connectivity index (χ1v) is 6.75. The smallest absolute Gasteiger partial charge is 0.268 e. The SMILES string of the molecule is CC(=O)CC1(O)C(=O)N(c2ccccc2)c2ccccc21. The number of para-hydroxylation sites is 2. The van der Waals surface area contributed by atoms with Gasteiger partial charge in [0.1, 0.15) is 5.78 Å². The second kappa shape index (κ2) is 4.82. The second-order valence-corrected chi connectivity index (χ2v) is 5.23. The van der Waals surface area contributed by atoms with Gasteiger partial charge in [0, 0.05) is 17.7 Å². The third-order valence-electron chi connectivity index (χ3n) is 3.67. The predicted octanol–water partition coefficient (Wildman–Crippen LogP) is 2.53. The molecule has 0 spiro atoms. The van der Waals surface area contributed by atoms with Crippen LogP contribution in [0.4, 0.5) is 11.4 Å². The number of nitrogens with zero attached hydrogens (tertiary/aromatic N) is 1. The largest absolute Gasteiger partial charge is 0.375 e. The Labute approximate surface area is 122 Å². The minimum atomic E-state index is -1.78. The van der Waals surface area contributed by atoms with Crippen LogP contribution in [0.5, 0.6) is 0 Å². The van der Waals surface area contributed by atoms with Crippen molar-refractivity contribution in [3.63, 3.8) is 0 Å². The third-order valence-corrected chi connectivity index (χ3v) is 3.67. The van der Waals surface area contributed by atoms with Crippen molar-refractivity contribution in [2.75, 3.05) is 4.90 Å². The van der Waals surface area contributed by atoms with Crippen molar-refractivity contribution in [1.82, 2.24) is 0 Å². The Kier molecular flexibility index (Phi) is 3.11. The molecular formula is C17H15NO3. The first-order chi connectivity index (χ1) is 10.0. The van der Waals surface area contributed by atoms with Crippen LogP contribution in [-0.4, -0.2) is 16.8 Å². The molecule has 2 aromatic carbocycles. The molecular weight excluding hydrogens is 266 g/mol. The van der Waals surface area contributed by atoms with Crippen molar-refractivity contribution in [2.45, 2.75) is 18.9 Å². The Morgan fingerprint density at radius 3 is 2.38 bits per heavy atom. The number of carbonyl (C=O) groups excluding carboxylic acids is 2. The summed E-state index contributed by atoms with van der Waals surface area (Å²) >= 11 is 0. The summed E-state index contributed by atoms with van der Waals surface area (Å²) in [6, 6.07) is 16.1. The summed E-state index contributed by atoms with van der Waals surface area (Å²) < 4.78 is 0. The summed E-state index contributed by atoms with van der Waals surface area (Å²) in [6.45, 7) is 1.37. The van der Waals surface area contributed by atoms with Gasteiger partial charge >= 0.3 is 0 Å². The van der Waals surface area contributed by atoms with Gasteiger partial charge in [0.05, 0.1) is 5.69 Å². The third kappa shape index (κ3) is 2.04. The fourth-order valence-electron chi connectivity index (χ4n) is 2.79. The monoisotopic (exact) mass is 281 g/mol. The van der Waals surface area contributed by atoms with Gasteiger partial charge < -0.3 is 5.11 Å². The van der Waals surface area contributed by atoms with Crippen LogP contribution in [0.2, 0.25) is 0 Å². The number of anilines is 2. The molecule has 1 aliphatic rings. The van der Waals surface area contributed by atoms with E-state index >= 15 is 0 Å². The standard InChI is InChI=1S/C17H15NO3/c1-12(19)11-17(21)14-9-5-6-10-15(14)18(16(17)20)13-7-3-2-4-8-13/h2-10,21H,11H2,1H3. The molecule has 106 valence electrons. The van der Waals surface area contributed by atoms with Gasteiger partial charge in [-0.15, -0.1) is 0 Å². The van der Waals surface area contributed by atoms with E-state index in [0.717, 1.165) is 0 Å². The van der Waals surface area contributed by atoms with E-state index in [-0.39, 0.29) is 12.2 Å². The van der Waals surface area contributed by atoms with Crippen molar-refractivity contribution in [2.24, 2.45) is 0 Å². The number of ketones is 1. The summed E-state index contributed by atoms with van der Waals surface area (Å²) in [7, 11) is 0. The summed E-state index contributed by atoms with van der Waals surface area (Å²) in [6.07, 6.45) is -0.216. The summed E-state index contributed by atoms with van der Waals surface area (Å²) in [5.74, 6) is -0.708. The summed E-state index contributed by atoms with van der Waals surface area (Å²) in [5.41, 5.74) is -0.000857. The maximum Gasteiger partial charge on any atom is 0.268 e. The van der Waals surface area contributed by atoms with Gasteiger partial charge in [0.25, 0.3) is 5.91 Å². The molecule has 2 aromatic rings. The number of Topliss-reactive ketones (excluding diaryl/α,β-unsaturated/α-hetero) is 1. The molecule has 0 bridgehead atoms. The molecule has 0 saturated heterocycles. The topological polar surface area (TPSA) is 57.6 Å². The predicted molar refractivity (Wildman–Crippen MR) is 79.2 cm³/mol. The molecule has 1 unspecified atom stereocenters. The van der Waals surface area contributed by atoms with Crippen LogP contribution in [0, 0.1) is 0 Å². The van der Waals surface area contributed by atoms with Crippen molar-refractivity contribution in [3.8, 4) is 0 Å². The van der Waals surface area contributed by atoms with Crippen LogP contribution in [0.15, 0.2) is 54.6 Å². The van der Waals surface area contributed by atoms with Gasteiger partial charge in [-0.3, -0.25) is 14.5 Å². The normalized spacial score (nSPS) is 20.5. The van der Waals surface area contributed by atoms with Crippen LogP contribution in [0.25, 0.3) is 0 Å². The number of carbonyl (C=O) groups is 2. The van der Waals surface area contributed by atoms with E-state index in [1.54, 1.807) is 30.3 Å². The zero-order valence-electron chi connectivity index (χ0n) is 11.6. The molecule has 0 fully saturated rings. The van der Waals surface area contributed by atoms with Gasteiger partial charge in [-0.2, -0.15) is 0 Å². The van der Waals surface area contributed by atoms with Gasteiger partial charge in [-0.05, 0) is 25.1 Å². The van der Waals surface area contributed by atoms with Crippen LogP contribution in [0.3, 0.4) is 0 Å². The molecule has 1 heterocycles. The minimum Gasteiger partial charge on any atom is -0.375 e. The quantitative estimate of drug-likeness (QED) is 0.940. The van der Waals surface area contributed by atoms with Crippen LogP contribution < -0.4 is 4.90 Å². The minimum absolute atomic E-state index is 0.216. The Bertz CT molecular complexity index is 711. The molecule has 4 heteroatoms. The Morgan fingerprint density at radius 1 is 1.10 bits per heavy atom. The molecule has 0 saturated carbocycles. The van der Waals surface area contributed by atoms with Crippen LogP contribution in [-0.2, 0) is 15.2 Å². The molecule has 0 aliphatic carbocycles. The molecule has 1 atom stereocenters. The van der Waals surface area contributed by atoms with Gasteiger partial charge in [0.2, 0.25) is 0 Å². The molecule has 0 aromatic heterocycles. The number of rotatable bonds is 3. The highest BCUT2D eigenvalue weighted by atomic mass is 16.3. The van der Waals surface area contributed by atoms with Crippen LogP contribution in [0.1, 0.15) is 18.9 Å².